The fraction of sp³-hybridized carbons (Fsp3) is 0.286. The minimum atomic E-state index is 0.145. The van der Waals surface area contributed by atoms with Crippen molar-refractivity contribution in [3.05, 3.63) is 58.4 Å². The lowest BCUT2D eigenvalue weighted by molar-refractivity contribution is 0.165. The van der Waals surface area contributed by atoms with Crippen LogP contribution >= 0.6 is 11.3 Å². The maximum absolute atomic E-state index is 5.71. The molecule has 0 radical (unpaired) electrons. The summed E-state index contributed by atoms with van der Waals surface area (Å²) in [5.74, 6) is 2.14. The van der Waals surface area contributed by atoms with Gasteiger partial charge in [0, 0.05) is 17.5 Å². The zero-order chi connectivity index (χ0) is 18.6. The smallest absolute Gasteiger partial charge is 0.203 e. The van der Waals surface area contributed by atoms with Gasteiger partial charge in [0.15, 0.2) is 11.5 Å². The lowest BCUT2D eigenvalue weighted by Gasteiger charge is -2.22. The summed E-state index contributed by atoms with van der Waals surface area (Å²) in [6, 6.07) is 14.4. The van der Waals surface area contributed by atoms with Gasteiger partial charge >= 0.3 is 0 Å². The van der Waals surface area contributed by atoms with Gasteiger partial charge in [0.1, 0.15) is 18.2 Å². The molecule has 1 unspecified atom stereocenters. The number of aromatic nitrogens is 1. The van der Waals surface area contributed by atoms with Gasteiger partial charge in [-0.05, 0) is 24.6 Å². The number of hydrogen-bond acceptors (Lipinski definition) is 6. The molecule has 0 fully saturated rings. The normalized spacial score (nSPS) is 14.0. The third-order valence-corrected chi connectivity index (χ3v) is 5.49. The highest BCUT2D eigenvalue weighted by Crippen LogP contribution is 2.40. The van der Waals surface area contributed by atoms with E-state index in [-0.39, 0.29) is 6.04 Å². The van der Waals surface area contributed by atoms with E-state index in [2.05, 4.69) is 29.8 Å². The van der Waals surface area contributed by atoms with Crippen molar-refractivity contribution < 1.29 is 14.2 Å². The van der Waals surface area contributed by atoms with Gasteiger partial charge in [0.05, 0.1) is 18.8 Å². The first kappa shape index (κ1) is 17.8. The van der Waals surface area contributed by atoms with Gasteiger partial charge in [-0.15, -0.1) is 11.3 Å². The van der Waals surface area contributed by atoms with Crippen molar-refractivity contribution in [1.29, 1.82) is 0 Å². The van der Waals surface area contributed by atoms with Crippen molar-refractivity contribution in [1.82, 2.24) is 10.3 Å². The van der Waals surface area contributed by atoms with Crippen LogP contribution < -0.4 is 19.5 Å². The number of ether oxygens (including phenoxy) is 3. The second-order valence-electron chi connectivity index (χ2n) is 6.36. The number of hydrogen-bond donors (Lipinski definition) is 1. The standard InChI is InChI=1S/C21H22N2O3S/c1-14(21-23-17(13-27-21)16-6-4-3-5-7-16)22-12-15-10-18(24-2)20-19(11-15)25-8-9-26-20/h3-7,10-11,13-14,22H,8-9,12H2,1-2H3. The Morgan fingerprint density at radius 3 is 2.81 bits per heavy atom. The minimum Gasteiger partial charge on any atom is -0.493 e. The first-order valence-electron chi connectivity index (χ1n) is 8.95. The Balaban J connectivity index is 1.45. The molecule has 1 aliphatic rings. The van der Waals surface area contributed by atoms with Crippen molar-refractivity contribution in [2.45, 2.75) is 19.5 Å². The molecule has 0 bridgehead atoms. The van der Waals surface area contributed by atoms with Crippen molar-refractivity contribution in [3.8, 4) is 28.5 Å². The number of nitrogens with one attached hydrogen (secondary N) is 1. The molecule has 1 N–H and O–H groups in total. The van der Waals surface area contributed by atoms with Crippen molar-refractivity contribution >= 4 is 11.3 Å². The highest BCUT2D eigenvalue weighted by atomic mass is 32.1. The molecule has 140 valence electrons. The van der Waals surface area contributed by atoms with Gasteiger partial charge in [-0.25, -0.2) is 4.98 Å². The predicted octanol–water partition coefficient (Wildman–Crippen LogP) is 4.44. The second-order valence-corrected chi connectivity index (χ2v) is 7.25. The van der Waals surface area contributed by atoms with Crippen LogP contribution in [0.15, 0.2) is 47.8 Å². The SMILES string of the molecule is COc1cc(CNC(C)c2nc(-c3ccccc3)cs2)cc2c1OCCO2. The summed E-state index contributed by atoms with van der Waals surface area (Å²) in [6.07, 6.45) is 0. The van der Waals surface area contributed by atoms with E-state index in [9.17, 15) is 0 Å². The van der Waals surface area contributed by atoms with Gasteiger partial charge in [-0.1, -0.05) is 30.3 Å². The fourth-order valence-electron chi connectivity index (χ4n) is 3.02. The summed E-state index contributed by atoms with van der Waals surface area (Å²) >= 11 is 1.68. The van der Waals surface area contributed by atoms with Crippen molar-refractivity contribution in [2.75, 3.05) is 20.3 Å². The summed E-state index contributed by atoms with van der Waals surface area (Å²) in [7, 11) is 1.65. The van der Waals surface area contributed by atoms with Gasteiger partial charge < -0.3 is 19.5 Å². The summed E-state index contributed by atoms with van der Waals surface area (Å²) in [5.41, 5.74) is 3.25. The molecule has 0 saturated heterocycles. The quantitative estimate of drug-likeness (QED) is 0.683. The predicted molar refractivity (Wildman–Crippen MR) is 107 cm³/mol. The van der Waals surface area contributed by atoms with E-state index in [4.69, 9.17) is 19.2 Å². The van der Waals surface area contributed by atoms with E-state index in [0.717, 1.165) is 27.6 Å². The molecule has 5 nitrogen and oxygen atoms in total. The lowest BCUT2D eigenvalue weighted by atomic mass is 10.1. The molecule has 2 heterocycles. The number of fused-ring (bicyclic) bond motifs is 1. The van der Waals surface area contributed by atoms with Gasteiger partial charge in [-0.3, -0.25) is 0 Å². The van der Waals surface area contributed by atoms with Crippen LogP contribution in [0.5, 0.6) is 17.2 Å². The van der Waals surface area contributed by atoms with Crippen LogP contribution in [0.2, 0.25) is 0 Å². The Hall–Kier alpha value is -2.57. The summed E-state index contributed by atoms with van der Waals surface area (Å²) in [6.45, 7) is 3.92. The maximum atomic E-state index is 5.71. The number of nitrogens with zero attached hydrogens (tertiary/aromatic N) is 1. The summed E-state index contributed by atoms with van der Waals surface area (Å²) in [5, 5.41) is 6.71. The van der Waals surface area contributed by atoms with E-state index in [1.807, 2.05) is 30.3 Å². The third kappa shape index (κ3) is 3.91. The van der Waals surface area contributed by atoms with E-state index in [0.29, 0.717) is 31.3 Å². The van der Waals surface area contributed by atoms with Gasteiger partial charge in [-0.2, -0.15) is 0 Å². The largest absolute Gasteiger partial charge is 0.493 e. The Morgan fingerprint density at radius 1 is 1.19 bits per heavy atom. The van der Waals surface area contributed by atoms with Crippen LogP contribution in [0.1, 0.15) is 23.5 Å². The van der Waals surface area contributed by atoms with E-state index in [1.165, 1.54) is 0 Å². The van der Waals surface area contributed by atoms with Crippen LogP contribution in [-0.4, -0.2) is 25.3 Å². The molecule has 27 heavy (non-hydrogen) atoms. The fourth-order valence-corrected chi connectivity index (χ4v) is 3.88. The molecule has 3 aromatic rings. The molecule has 0 spiro atoms. The Morgan fingerprint density at radius 2 is 2.00 bits per heavy atom. The van der Waals surface area contributed by atoms with Crippen LogP contribution in [0.25, 0.3) is 11.3 Å². The number of benzene rings is 2. The molecular weight excluding hydrogens is 360 g/mol. The maximum Gasteiger partial charge on any atom is 0.203 e. The molecule has 0 aliphatic carbocycles. The Bertz CT molecular complexity index is 894. The van der Waals surface area contributed by atoms with Crippen LogP contribution in [0.3, 0.4) is 0 Å². The molecule has 0 amide bonds. The Kier molecular flexibility index (Phi) is 5.27. The summed E-state index contributed by atoms with van der Waals surface area (Å²) < 4.78 is 16.8. The first-order chi connectivity index (χ1) is 13.2. The summed E-state index contributed by atoms with van der Waals surface area (Å²) in [4.78, 5) is 4.78. The van der Waals surface area contributed by atoms with Crippen LogP contribution in [-0.2, 0) is 6.54 Å². The number of methoxy groups -OCH3 is 1. The average Bonchev–Trinajstić information content (AvgIpc) is 3.22. The van der Waals surface area contributed by atoms with E-state index >= 15 is 0 Å². The molecule has 1 aliphatic heterocycles. The number of thiazole rings is 1. The van der Waals surface area contributed by atoms with Crippen molar-refractivity contribution in [3.63, 3.8) is 0 Å². The van der Waals surface area contributed by atoms with E-state index < -0.39 is 0 Å². The van der Waals surface area contributed by atoms with Crippen LogP contribution in [0, 0.1) is 0 Å². The van der Waals surface area contributed by atoms with Gasteiger partial charge in [0.2, 0.25) is 5.75 Å². The Labute approximate surface area is 162 Å². The molecule has 4 rings (SSSR count). The monoisotopic (exact) mass is 382 g/mol. The average molecular weight is 382 g/mol. The zero-order valence-corrected chi connectivity index (χ0v) is 16.2. The minimum absolute atomic E-state index is 0.145. The third-order valence-electron chi connectivity index (χ3n) is 4.46. The highest BCUT2D eigenvalue weighted by Gasteiger charge is 2.19. The molecule has 1 aromatic heterocycles. The molecule has 1 atom stereocenters. The first-order valence-corrected chi connectivity index (χ1v) is 9.83. The molecule has 2 aromatic carbocycles. The lowest BCUT2D eigenvalue weighted by Crippen LogP contribution is -2.19. The number of rotatable bonds is 6. The second kappa shape index (κ2) is 7.98. The van der Waals surface area contributed by atoms with Crippen molar-refractivity contribution in [2.24, 2.45) is 0 Å². The zero-order valence-electron chi connectivity index (χ0n) is 15.4. The molecule has 0 saturated carbocycles. The topological polar surface area (TPSA) is 52.6 Å². The molecular formula is C21H22N2O3S. The van der Waals surface area contributed by atoms with Crippen LogP contribution in [0.4, 0.5) is 0 Å². The van der Waals surface area contributed by atoms with E-state index in [1.54, 1.807) is 18.4 Å². The highest BCUT2D eigenvalue weighted by molar-refractivity contribution is 7.10. The molecule has 6 heteroatoms. The van der Waals surface area contributed by atoms with Gasteiger partial charge in [0.25, 0.3) is 0 Å².